The fourth-order valence-corrected chi connectivity index (χ4v) is 6.57. The number of aryl methyl sites for hydroxylation is 3. The Morgan fingerprint density at radius 3 is 2.48 bits per heavy atom. The van der Waals surface area contributed by atoms with E-state index in [1.165, 1.54) is 22.3 Å². The second-order valence-electron chi connectivity index (χ2n) is 7.54. The van der Waals surface area contributed by atoms with Crippen LogP contribution in [0.15, 0.2) is 47.5 Å². The first kappa shape index (κ1) is 18.6. The smallest absolute Gasteiger partial charge is 0.164 e. The molecule has 2 aromatic rings. The van der Waals surface area contributed by atoms with Crippen molar-refractivity contribution < 1.29 is 8.42 Å². The van der Waals surface area contributed by atoms with E-state index in [0.717, 1.165) is 16.6 Å². The normalized spacial score (nSPS) is 23.4. The number of thioether (sulfide) groups is 1. The van der Waals surface area contributed by atoms with Crippen LogP contribution in [0.3, 0.4) is 0 Å². The van der Waals surface area contributed by atoms with Gasteiger partial charge in [0, 0.05) is 11.4 Å². The molecule has 2 aliphatic rings. The molecule has 0 aromatic heterocycles. The summed E-state index contributed by atoms with van der Waals surface area (Å²) in [7, 11) is -3.02. The van der Waals surface area contributed by atoms with Crippen LogP contribution in [0, 0.1) is 20.8 Å². The number of benzene rings is 2. The molecule has 27 heavy (non-hydrogen) atoms. The second-order valence-corrected chi connectivity index (χ2v) is 10.6. The molecule has 0 N–H and O–H groups in total. The molecule has 2 aliphatic heterocycles. The molecular formula is C21H24N2O2S2. The van der Waals surface area contributed by atoms with Crippen LogP contribution < -0.4 is 4.90 Å². The lowest BCUT2D eigenvalue weighted by Crippen LogP contribution is -2.39. The molecule has 2 aromatic carbocycles. The maximum Gasteiger partial charge on any atom is 0.164 e. The lowest BCUT2D eigenvalue weighted by Gasteiger charge is -2.27. The third-order valence-corrected chi connectivity index (χ3v) is 8.10. The number of fused-ring (bicyclic) bond motifs is 1. The maximum absolute atomic E-state index is 12.2. The SMILES string of the molecule is Cc1ccc(CSC2=NC3CS(=O)(=O)CC3N2c2ccc(C)c(C)c2)cc1. The van der Waals surface area contributed by atoms with E-state index in [2.05, 4.69) is 68.1 Å². The number of anilines is 1. The van der Waals surface area contributed by atoms with E-state index in [1.807, 2.05) is 0 Å². The van der Waals surface area contributed by atoms with Crippen LogP contribution >= 0.6 is 11.8 Å². The molecule has 0 bridgehead atoms. The number of nitrogens with zero attached hydrogens (tertiary/aromatic N) is 2. The Bertz CT molecular complexity index is 997. The largest absolute Gasteiger partial charge is 0.315 e. The van der Waals surface area contributed by atoms with Crippen molar-refractivity contribution in [3.8, 4) is 0 Å². The average Bonchev–Trinajstić information content (AvgIpc) is 3.08. The minimum absolute atomic E-state index is 0.0855. The number of hydrogen-bond acceptors (Lipinski definition) is 5. The molecule has 0 amide bonds. The number of hydrogen-bond donors (Lipinski definition) is 0. The summed E-state index contributed by atoms with van der Waals surface area (Å²) in [6.45, 7) is 6.27. The molecule has 2 unspecified atom stereocenters. The molecule has 0 saturated carbocycles. The van der Waals surface area contributed by atoms with Crippen LogP contribution in [-0.4, -0.2) is 37.2 Å². The minimum Gasteiger partial charge on any atom is -0.315 e. The molecule has 1 saturated heterocycles. The summed E-state index contributed by atoms with van der Waals surface area (Å²) >= 11 is 1.69. The Morgan fingerprint density at radius 1 is 1.04 bits per heavy atom. The molecule has 4 rings (SSSR count). The molecule has 0 spiro atoms. The quantitative estimate of drug-likeness (QED) is 0.784. The summed E-state index contributed by atoms with van der Waals surface area (Å²) in [4.78, 5) is 6.97. The van der Waals surface area contributed by atoms with Crippen molar-refractivity contribution in [3.63, 3.8) is 0 Å². The van der Waals surface area contributed by atoms with Gasteiger partial charge in [0.2, 0.25) is 0 Å². The zero-order valence-electron chi connectivity index (χ0n) is 15.8. The van der Waals surface area contributed by atoms with E-state index < -0.39 is 9.84 Å². The summed E-state index contributed by atoms with van der Waals surface area (Å²) < 4.78 is 24.3. The van der Waals surface area contributed by atoms with Gasteiger partial charge < -0.3 is 4.90 Å². The first-order valence-corrected chi connectivity index (χ1v) is 12.0. The lowest BCUT2D eigenvalue weighted by atomic mass is 10.1. The molecule has 2 atom stereocenters. The molecule has 1 fully saturated rings. The van der Waals surface area contributed by atoms with Gasteiger partial charge in [-0.2, -0.15) is 0 Å². The van der Waals surface area contributed by atoms with Crippen molar-refractivity contribution in [1.29, 1.82) is 0 Å². The van der Waals surface area contributed by atoms with Crippen molar-refractivity contribution in [3.05, 3.63) is 64.7 Å². The van der Waals surface area contributed by atoms with Crippen LogP contribution in [0.4, 0.5) is 5.69 Å². The van der Waals surface area contributed by atoms with E-state index in [1.54, 1.807) is 11.8 Å². The van der Waals surface area contributed by atoms with Gasteiger partial charge >= 0.3 is 0 Å². The number of rotatable bonds is 3. The van der Waals surface area contributed by atoms with Gasteiger partial charge in [0.05, 0.1) is 23.6 Å². The minimum atomic E-state index is -3.02. The van der Waals surface area contributed by atoms with Gasteiger partial charge in [-0.25, -0.2) is 8.42 Å². The molecular weight excluding hydrogens is 376 g/mol. The van der Waals surface area contributed by atoms with E-state index in [4.69, 9.17) is 4.99 Å². The van der Waals surface area contributed by atoms with Gasteiger partial charge in [-0.1, -0.05) is 47.7 Å². The lowest BCUT2D eigenvalue weighted by molar-refractivity contribution is 0.601. The fourth-order valence-electron chi connectivity index (χ4n) is 3.64. The first-order valence-electron chi connectivity index (χ1n) is 9.15. The first-order chi connectivity index (χ1) is 12.8. The third-order valence-electron chi connectivity index (χ3n) is 5.36. The predicted octanol–water partition coefficient (Wildman–Crippen LogP) is 3.89. The summed E-state index contributed by atoms with van der Waals surface area (Å²) in [6.07, 6.45) is 0. The predicted molar refractivity (Wildman–Crippen MR) is 115 cm³/mol. The standard InChI is InChI=1S/C21H24N2O2S2/c1-14-4-7-17(8-5-14)11-26-21-22-19-12-27(24,25)13-20(19)23(21)18-9-6-15(2)16(3)10-18/h4-10,19-20H,11-13H2,1-3H3. The molecule has 2 heterocycles. The van der Waals surface area contributed by atoms with Crippen molar-refractivity contribution in [1.82, 2.24) is 0 Å². The number of aliphatic imine (C=N–C) groups is 1. The van der Waals surface area contributed by atoms with Crippen molar-refractivity contribution in [2.24, 2.45) is 4.99 Å². The Hall–Kier alpha value is -1.79. The fraction of sp³-hybridized carbons (Fsp3) is 0.381. The summed E-state index contributed by atoms with van der Waals surface area (Å²) in [5.74, 6) is 1.17. The second kappa shape index (κ2) is 6.99. The van der Waals surface area contributed by atoms with Gasteiger partial charge in [-0.3, -0.25) is 4.99 Å². The van der Waals surface area contributed by atoms with E-state index >= 15 is 0 Å². The highest BCUT2D eigenvalue weighted by atomic mass is 32.2. The van der Waals surface area contributed by atoms with E-state index in [-0.39, 0.29) is 23.6 Å². The van der Waals surface area contributed by atoms with Crippen LogP contribution in [0.25, 0.3) is 0 Å². The van der Waals surface area contributed by atoms with Crippen LogP contribution in [-0.2, 0) is 15.6 Å². The summed E-state index contributed by atoms with van der Waals surface area (Å²) in [5, 5.41) is 0.934. The zero-order valence-corrected chi connectivity index (χ0v) is 17.5. The maximum atomic E-state index is 12.2. The van der Waals surface area contributed by atoms with Crippen molar-refractivity contribution in [2.45, 2.75) is 38.6 Å². The number of sulfone groups is 1. The monoisotopic (exact) mass is 400 g/mol. The Balaban J connectivity index is 1.63. The van der Waals surface area contributed by atoms with E-state index in [9.17, 15) is 8.42 Å². The van der Waals surface area contributed by atoms with Gasteiger partial charge in [0.15, 0.2) is 15.0 Å². The Morgan fingerprint density at radius 2 is 1.78 bits per heavy atom. The number of amidine groups is 1. The van der Waals surface area contributed by atoms with Crippen molar-refractivity contribution in [2.75, 3.05) is 16.4 Å². The van der Waals surface area contributed by atoms with Gasteiger partial charge in [-0.05, 0) is 49.6 Å². The van der Waals surface area contributed by atoms with E-state index in [0.29, 0.717) is 0 Å². The molecule has 142 valence electrons. The Kier molecular flexibility index (Phi) is 4.80. The third kappa shape index (κ3) is 3.78. The molecule has 0 aliphatic carbocycles. The van der Waals surface area contributed by atoms with Gasteiger partial charge in [-0.15, -0.1) is 0 Å². The zero-order chi connectivity index (χ0) is 19.2. The topological polar surface area (TPSA) is 49.7 Å². The molecule has 0 radical (unpaired) electrons. The van der Waals surface area contributed by atoms with Crippen LogP contribution in [0.2, 0.25) is 0 Å². The van der Waals surface area contributed by atoms with Crippen LogP contribution in [0.5, 0.6) is 0 Å². The highest BCUT2D eigenvalue weighted by Gasteiger charge is 2.47. The molecule has 6 heteroatoms. The Labute approximate surface area is 165 Å². The van der Waals surface area contributed by atoms with Crippen molar-refractivity contribution >= 4 is 32.5 Å². The highest BCUT2D eigenvalue weighted by molar-refractivity contribution is 8.13. The van der Waals surface area contributed by atoms with Gasteiger partial charge in [0.25, 0.3) is 0 Å². The van der Waals surface area contributed by atoms with Crippen LogP contribution in [0.1, 0.15) is 22.3 Å². The summed E-state index contributed by atoms with van der Waals surface area (Å²) in [6, 6.07) is 14.6. The van der Waals surface area contributed by atoms with Gasteiger partial charge in [0.1, 0.15) is 0 Å². The summed E-state index contributed by atoms with van der Waals surface area (Å²) in [5.41, 5.74) is 5.98. The highest BCUT2D eigenvalue weighted by Crippen LogP contribution is 2.36. The average molecular weight is 401 g/mol. The molecule has 4 nitrogen and oxygen atoms in total.